The van der Waals surface area contributed by atoms with E-state index in [2.05, 4.69) is 0 Å². The van der Waals surface area contributed by atoms with Crippen LogP contribution < -0.4 is 5.73 Å². The van der Waals surface area contributed by atoms with Crippen LogP contribution in [0.1, 0.15) is 21.5 Å². The zero-order valence-electron chi connectivity index (χ0n) is 18.3. The number of hydrogen-bond acceptors (Lipinski definition) is 1. The standard InChI is InChI=1S/C27H16Cl2F4N2O/c28-17-5-7-19(22(29)12-17)15-4-6-20-24(10-15)35(23-3-1-2-21(25(20)23)26(34)36)13-14-8-16(27(31,32)33)11-18(30)9-14/h1-12H,13H2,(H2,34,36). The van der Waals surface area contributed by atoms with Crippen LogP contribution in [0.25, 0.3) is 32.9 Å². The lowest BCUT2D eigenvalue weighted by Crippen LogP contribution is -2.11. The lowest BCUT2D eigenvalue weighted by Gasteiger charge is -2.13. The summed E-state index contributed by atoms with van der Waals surface area (Å²) >= 11 is 12.4. The lowest BCUT2D eigenvalue weighted by molar-refractivity contribution is -0.137. The fraction of sp³-hybridized carbons (Fsp3) is 0.0741. The van der Waals surface area contributed by atoms with Gasteiger partial charge in [-0.25, -0.2) is 4.39 Å². The number of carbonyl (C=O) groups excluding carboxylic acids is 1. The van der Waals surface area contributed by atoms with E-state index in [9.17, 15) is 22.4 Å². The minimum atomic E-state index is -4.70. The van der Waals surface area contributed by atoms with Crippen LogP contribution in [0.5, 0.6) is 0 Å². The second-order valence-electron chi connectivity index (χ2n) is 8.35. The molecule has 3 nitrogen and oxygen atoms in total. The highest BCUT2D eigenvalue weighted by molar-refractivity contribution is 6.36. The molecule has 0 radical (unpaired) electrons. The molecular weight excluding hydrogens is 515 g/mol. The number of amides is 1. The average molecular weight is 531 g/mol. The molecule has 0 saturated heterocycles. The zero-order chi connectivity index (χ0) is 25.8. The minimum Gasteiger partial charge on any atom is -0.366 e. The fourth-order valence-electron chi connectivity index (χ4n) is 4.50. The molecule has 0 aliphatic rings. The number of aromatic nitrogens is 1. The first-order valence-electron chi connectivity index (χ1n) is 10.7. The molecule has 0 bridgehead atoms. The van der Waals surface area contributed by atoms with Crippen molar-refractivity contribution in [2.24, 2.45) is 5.73 Å². The van der Waals surface area contributed by atoms with Gasteiger partial charge >= 0.3 is 6.18 Å². The van der Waals surface area contributed by atoms with E-state index in [0.29, 0.717) is 43.5 Å². The van der Waals surface area contributed by atoms with Crippen LogP contribution in [0.3, 0.4) is 0 Å². The number of fused-ring (bicyclic) bond motifs is 3. The number of carbonyl (C=O) groups is 1. The maximum Gasteiger partial charge on any atom is 0.416 e. The molecule has 1 amide bonds. The van der Waals surface area contributed by atoms with E-state index in [4.69, 9.17) is 28.9 Å². The van der Waals surface area contributed by atoms with E-state index in [0.717, 1.165) is 17.7 Å². The number of primary amides is 1. The molecule has 36 heavy (non-hydrogen) atoms. The molecule has 5 rings (SSSR count). The molecule has 4 aromatic carbocycles. The van der Waals surface area contributed by atoms with Gasteiger partial charge in [0.25, 0.3) is 0 Å². The number of halogens is 6. The predicted molar refractivity (Wildman–Crippen MR) is 134 cm³/mol. The van der Waals surface area contributed by atoms with E-state index in [1.54, 1.807) is 47.0 Å². The molecule has 0 fully saturated rings. The largest absolute Gasteiger partial charge is 0.416 e. The number of benzene rings is 4. The highest BCUT2D eigenvalue weighted by atomic mass is 35.5. The summed E-state index contributed by atoms with van der Waals surface area (Å²) in [4.78, 5) is 12.2. The van der Waals surface area contributed by atoms with Crippen molar-refractivity contribution in [1.82, 2.24) is 4.57 Å². The Kier molecular flexibility index (Phi) is 5.93. The number of nitrogens with two attached hydrogens (primary N) is 1. The van der Waals surface area contributed by atoms with E-state index in [-0.39, 0.29) is 17.7 Å². The van der Waals surface area contributed by atoms with Crippen molar-refractivity contribution in [2.75, 3.05) is 0 Å². The van der Waals surface area contributed by atoms with E-state index in [1.165, 1.54) is 0 Å². The van der Waals surface area contributed by atoms with Gasteiger partial charge in [-0.1, -0.05) is 47.5 Å². The summed E-state index contributed by atoms with van der Waals surface area (Å²) in [6.07, 6.45) is -4.70. The predicted octanol–water partition coefficient (Wildman–Crippen LogP) is 8.07. The molecule has 9 heteroatoms. The normalized spacial score (nSPS) is 11.9. The molecular formula is C27H16Cl2F4N2O. The third kappa shape index (κ3) is 4.29. The average Bonchev–Trinajstić information content (AvgIpc) is 3.11. The summed E-state index contributed by atoms with van der Waals surface area (Å²) in [5, 5.41) is 2.11. The number of nitrogens with zero attached hydrogens (tertiary/aromatic N) is 1. The van der Waals surface area contributed by atoms with E-state index >= 15 is 0 Å². The Morgan fingerprint density at radius 2 is 1.69 bits per heavy atom. The van der Waals surface area contributed by atoms with E-state index < -0.39 is 23.5 Å². The number of alkyl halides is 3. The highest BCUT2D eigenvalue weighted by Crippen LogP contribution is 2.38. The fourth-order valence-corrected chi connectivity index (χ4v) is 5.02. The van der Waals surface area contributed by atoms with Crippen molar-refractivity contribution in [3.05, 3.63) is 105 Å². The molecule has 0 saturated carbocycles. The van der Waals surface area contributed by atoms with Crippen molar-refractivity contribution < 1.29 is 22.4 Å². The minimum absolute atomic E-state index is 0.0825. The molecule has 1 heterocycles. The first kappa shape index (κ1) is 24.2. The van der Waals surface area contributed by atoms with Crippen LogP contribution in [0.4, 0.5) is 17.6 Å². The van der Waals surface area contributed by atoms with Crippen LogP contribution in [0.15, 0.2) is 72.8 Å². The van der Waals surface area contributed by atoms with Crippen LogP contribution in [-0.4, -0.2) is 10.5 Å². The Labute approximate surface area is 212 Å². The summed E-state index contributed by atoms with van der Waals surface area (Å²) in [6.45, 7) is -0.0825. The Morgan fingerprint density at radius 3 is 2.39 bits per heavy atom. The van der Waals surface area contributed by atoms with Gasteiger partial charge in [-0.05, 0) is 59.7 Å². The maximum absolute atomic E-state index is 14.2. The van der Waals surface area contributed by atoms with Crippen LogP contribution in [-0.2, 0) is 12.7 Å². The molecule has 2 N–H and O–H groups in total. The molecule has 5 aromatic rings. The number of hydrogen-bond donors (Lipinski definition) is 1. The molecule has 1 aromatic heterocycles. The third-order valence-electron chi connectivity index (χ3n) is 6.02. The Morgan fingerprint density at radius 1 is 0.917 bits per heavy atom. The van der Waals surface area contributed by atoms with Crippen LogP contribution in [0.2, 0.25) is 10.0 Å². The highest BCUT2D eigenvalue weighted by Gasteiger charge is 2.31. The summed E-state index contributed by atoms with van der Waals surface area (Å²) in [6, 6.07) is 17.9. The molecule has 0 unspecified atom stereocenters. The molecule has 0 aliphatic heterocycles. The summed E-state index contributed by atoms with van der Waals surface area (Å²) in [5.74, 6) is -1.64. The topological polar surface area (TPSA) is 48.0 Å². The maximum atomic E-state index is 14.2. The van der Waals surface area contributed by atoms with Gasteiger partial charge in [-0.2, -0.15) is 13.2 Å². The Balaban J connectivity index is 1.78. The SMILES string of the molecule is NC(=O)c1cccc2c1c1ccc(-c3ccc(Cl)cc3Cl)cc1n2Cc1cc(F)cc(C(F)(F)F)c1. The van der Waals surface area contributed by atoms with Crippen molar-refractivity contribution in [3.8, 4) is 11.1 Å². The number of rotatable bonds is 4. The van der Waals surface area contributed by atoms with Crippen molar-refractivity contribution in [3.63, 3.8) is 0 Å². The van der Waals surface area contributed by atoms with Gasteiger partial charge in [-0.3, -0.25) is 4.79 Å². The third-order valence-corrected chi connectivity index (χ3v) is 6.57. The molecule has 0 aliphatic carbocycles. The van der Waals surface area contributed by atoms with Crippen molar-refractivity contribution in [1.29, 1.82) is 0 Å². The van der Waals surface area contributed by atoms with Crippen LogP contribution in [0, 0.1) is 5.82 Å². The summed E-state index contributed by atoms with van der Waals surface area (Å²) in [5.41, 5.74) is 7.52. The van der Waals surface area contributed by atoms with Crippen molar-refractivity contribution in [2.45, 2.75) is 12.7 Å². The molecule has 0 atom stereocenters. The monoisotopic (exact) mass is 530 g/mol. The van der Waals surface area contributed by atoms with Crippen molar-refractivity contribution >= 4 is 50.9 Å². The van der Waals surface area contributed by atoms with Gasteiger partial charge in [0.15, 0.2) is 0 Å². The molecule has 182 valence electrons. The Hall–Kier alpha value is -3.55. The zero-order valence-corrected chi connectivity index (χ0v) is 19.8. The quantitative estimate of drug-likeness (QED) is 0.234. The summed E-state index contributed by atoms with van der Waals surface area (Å²) in [7, 11) is 0. The second-order valence-corrected chi connectivity index (χ2v) is 9.20. The van der Waals surface area contributed by atoms with Gasteiger partial charge < -0.3 is 10.3 Å². The van der Waals surface area contributed by atoms with Gasteiger partial charge in [0.1, 0.15) is 5.82 Å². The van der Waals surface area contributed by atoms with Gasteiger partial charge in [0.2, 0.25) is 5.91 Å². The van der Waals surface area contributed by atoms with E-state index in [1.807, 2.05) is 12.1 Å². The lowest BCUT2D eigenvalue weighted by atomic mass is 10.0. The first-order valence-corrected chi connectivity index (χ1v) is 11.5. The summed E-state index contributed by atoms with van der Waals surface area (Å²) < 4.78 is 55.9. The van der Waals surface area contributed by atoms with Crippen LogP contribution >= 0.6 is 23.2 Å². The van der Waals surface area contributed by atoms with Gasteiger partial charge in [-0.15, -0.1) is 0 Å². The molecule has 0 spiro atoms. The smallest absolute Gasteiger partial charge is 0.366 e. The second kappa shape index (κ2) is 8.84. The van der Waals surface area contributed by atoms with Gasteiger partial charge in [0, 0.05) is 38.5 Å². The van der Waals surface area contributed by atoms with Gasteiger partial charge in [0.05, 0.1) is 16.6 Å². The first-order chi connectivity index (χ1) is 17.0. The Bertz CT molecular complexity index is 1670.